The highest BCUT2D eigenvalue weighted by Crippen LogP contribution is 2.35. The molecular weight excluding hydrogens is 243 g/mol. The topological polar surface area (TPSA) is 83.8 Å². The number of carbonyl (C=O) groups is 1. The minimum Gasteiger partial charge on any atom is -0.303 e. The van der Waals surface area contributed by atoms with Gasteiger partial charge in [0, 0.05) is 12.8 Å². The van der Waals surface area contributed by atoms with Gasteiger partial charge in [-0.15, -0.1) is 0 Å². The number of carbonyl (C=O) groups excluding carboxylic acids is 1. The smallest absolute Gasteiger partial charge is 0.303 e. The molecule has 0 spiro atoms. The largest absolute Gasteiger partial charge is 0.469 e. The Kier molecular flexibility index (Phi) is 9.65. The number of phosphoric acid groups is 1. The van der Waals surface area contributed by atoms with Crippen LogP contribution in [0.3, 0.4) is 0 Å². The summed E-state index contributed by atoms with van der Waals surface area (Å²) in [5, 5.41) is 0. The van der Waals surface area contributed by atoms with E-state index in [4.69, 9.17) is 9.79 Å². The molecule has 0 aliphatic rings. The van der Waals surface area contributed by atoms with Crippen molar-refractivity contribution < 1.29 is 23.7 Å². The zero-order chi connectivity index (χ0) is 13.1. The van der Waals surface area contributed by atoms with Crippen LogP contribution in [0.5, 0.6) is 0 Å². The van der Waals surface area contributed by atoms with Crippen LogP contribution in [0.4, 0.5) is 0 Å². The molecule has 0 saturated heterocycles. The van der Waals surface area contributed by atoms with Gasteiger partial charge in [0.1, 0.15) is 5.78 Å². The SMILES string of the molecule is CCCCCCCCC(=O)CCOP(=O)(O)O. The molecule has 0 aromatic heterocycles. The van der Waals surface area contributed by atoms with Crippen molar-refractivity contribution in [2.24, 2.45) is 0 Å². The van der Waals surface area contributed by atoms with E-state index in [0.29, 0.717) is 6.42 Å². The van der Waals surface area contributed by atoms with Crippen molar-refractivity contribution in [1.82, 2.24) is 0 Å². The van der Waals surface area contributed by atoms with Gasteiger partial charge in [-0.3, -0.25) is 9.32 Å². The minimum absolute atomic E-state index is 0.00828. The van der Waals surface area contributed by atoms with Crippen molar-refractivity contribution in [3.05, 3.63) is 0 Å². The molecule has 0 rings (SSSR count). The maximum atomic E-state index is 11.3. The Morgan fingerprint density at radius 2 is 1.65 bits per heavy atom. The van der Waals surface area contributed by atoms with E-state index in [1.165, 1.54) is 19.3 Å². The molecule has 0 unspecified atom stereocenters. The highest BCUT2D eigenvalue weighted by Gasteiger charge is 2.14. The van der Waals surface area contributed by atoms with Crippen LogP contribution >= 0.6 is 7.82 Å². The molecule has 0 bridgehead atoms. The summed E-state index contributed by atoms with van der Waals surface area (Å²) in [7, 11) is -4.42. The molecule has 0 radical (unpaired) electrons. The average Bonchev–Trinajstić information content (AvgIpc) is 2.21. The summed E-state index contributed by atoms with van der Waals surface area (Å²) in [5.74, 6) is 0.00828. The van der Waals surface area contributed by atoms with E-state index in [9.17, 15) is 9.36 Å². The predicted octanol–water partition coefficient (Wildman–Crippen LogP) is 2.81. The van der Waals surface area contributed by atoms with E-state index in [1.54, 1.807) is 0 Å². The molecule has 0 aliphatic carbocycles. The highest BCUT2D eigenvalue weighted by atomic mass is 31.2. The third-order valence-corrected chi connectivity index (χ3v) is 2.97. The molecule has 0 amide bonds. The molecule has 0 aromatic rings. The third kappa shape index (κ3) is 13.7. The number of Topliss-reactive ketones (excluding diaryl/α,β-unsaturated/α-hetero) is 1. The summed E-state index contributed by atoms with van der Waals surface area (Å²) in [6.45, 7) is 1.96. The second-order valence-electron chi connectivity index (χ2n) is 4.13. The Labute approximate surface area is 103 Å². The van der Waals surface area contributed by atoms with Crippen LogP contribution < -0.4 is 0 Å². The third-order valence-electron chi connectivity index (χ3n) is 2.45. The number of rotatable bonds is 11. The van der Waals surface area contributed by atoms with Gasteiger partial charge in [-0.25, -0.2) is 4.57 Å². The first kappa shape index (κ1) is 16.8. The summed E-state index contributed by atoms with van der Waals surface area (Å²) in [4.78, 5) is 28.1. The molecule has 5 nitrogen and oxygen atoms in total. The van der Waals surface area contributed by atoms with E-state index in [1.807, 2.05) is 0 Å². The molecule has 0 atom stereocenters. The van der Waals surface area contributed by atoms with Gasteiger partial charge in [0.05, 0.1) is 6.61 Å². The fourth-order valence-electron chi connectivity index (χ4n) is 1.51. The summed E-state index contributed by atoms with van der Waals surface area (Å²) in [6, 6.07) is 0. The fraction of sp³-hybridized carbons (Fsp3) is 0.909. The molecule has 0 saturated carbocycles. The summed E-state index contributed by atoms with van der Waals surface area (Å²) in [6.07, 6.45) is 7.29. The first-order chi connectivity index (χ1) is 7.95. The minimum atomic E-state index is -4.42. The molecule has 17 heavy (non-hydrogen) atoms. The molecular formula is C11H23O5P. The molecule has 6 heteroatoms. The Bertz CT molecular complexity index is 248. The van der Waals surface area contributed by atoms with E-state index in [2.05, 4.69) is 11.4 Å². The van der Waals surface area contributed by atoms with Crippen LogP contribution in [0.2, 0.25) is 0 Å². The van der Waals surface area contributed by atoms with Crippen LogP contribution in [0.25, 0.3) is 0 Å². The molecule has 0 aliphatic heterocycles. The Morgan fingerprint density at radius 1 is 1.06 bits per heavy atom. The van der Waals surface area contributed by atoms with E-state index >= 15 is 0 Å². The summed E-state index contributed by atoms with van der Waals surface area (Å²) >= 11 is 0. The van der Waals surface area contributed by atoms with Gasteiger partial charge < -0.3 is 9.79 Å². The van der Waals surface area contributed by atoms with Crippen molar-refractivity contribution in [3.8, 4) is 0 Å². The van der Waals surface area contributed by atoms with Crippen LogP contribution in [0.1, 0.15) is 58.3 Å². The van der Waals surface area contributed by atoms with Crippen molar-refractivity contribution in [1.29, 1.82) is 0 Å². The second-order valence-corrected chi connectivity index (χ2v) is 5.37. The molecule has 102 valence electrons. The number of unbranched alkanes of at least 4 members (excludes halogenated alkanes) is 5. The number of ketones is 1. The highest BCUT2D eigenvalue weighted by molar-refractivity contribution is 7.46. The van der Waals surface area contributed by atoms with Crippen LogP contribution in [0.15, 0.2) is 0 Å². The standard InChI is InChI=1S/C11H23O5P/c1-2-3-4-5-6-7-8-11(12)9-10-16-17(13,14)15/h2-10H2,1H3,(H2,13,14,15). The summed E-state index contributed by atoms with van der Waals surface area (Å²) < 4.78 is 14.5. The van der Waals surface area contributed by atoms with Crippen LogP contribution in [-0.2, 0) is 13.9 Å². The first-order valence-electron chi connectivity index (χ1n) is 6.17. The normalized spacial score (nSPS) is 11.7. The molecule has 0 fully saturated rings. The number of hydrogen-bond acceptors (Lipinski definition) is 3. The average molecular weight is 266 g/mol. The maximum absolute atomic E-state index is 11.3. The second kappa shape index (κ2) is 9.77. The van der Waals surface area contributed by atoms with Crippen molar-refractivity contribution in [2.45, 2.75) is 58.3 Å². The fourth-order valence-corrected chi connectivity index (χ4v) is 1.84. The summed E-state index contributed by atoms with van der Waals surface area (Å²) in [5.41, 5.74) is 0. The van der Waals surface area contributed by atoms with Crippen molar-refractivity contribution >= 4 is 13.6 Å². The first-order valence-corrected chi connectivity index (χ1v) is 7.70. The van der Waals surface area contributed by atoms with Gasteiger partial charge >= 0.3 is 7.82 Å². The zero-order valence-corrected chi connectivity index (χ0v) is 11.3. The number of phosphoric ester groups is 1. The maximum Gasteiger partial charge on any atom is 0.469 e. The van der Waals surface area contributed by atoms with Gasteiger partial charge in [0.2, 0.25) is 0 Å². The van der Waals surface area contributed by atoms with Gasteiger partial charge in [-0.2, -0.15) is 0 Å². The van der Waals surface area contributed by atoms with Gasteiger partial charge in [0.25, 0.3) is 0 Å². The van der Waals surface area contributed by atoms with Crippen LogP contribution in [-0.4, -0.2) is 22.2 Å². The lowest BCUT2D eigenvalue weighted by atomic mass is 10.1. The molecule has 2 N–H and O–H groups in total. The predicted molar refractivity (Wildman–Crippen MR) is 65.6 cm³/mol. The lowest BCUT2D eigenvalue weighted by Crippen LogP contribution is -2.03. The quantitative estimate of drug-likeness (QED) is 0.443. The Hall–Kier alpha value is -0.220. The lowest BCUT2D eigenvalue weighted by Gasteiger charge is -2.04. The Balaban J connectivity index is 3.32. The lowest BCUT2D eigenvalue weighted by molar-refractivity contribution is -0.119. The van der Waals surface area contributed by atoms with Crippen molar-refractivity contribution in [2.75, 3.05) is 6.61 Å². The molecule has 0 aromatic carbocycles. The monoisotopic (exact) mass is 266 g/mol. The Morgan fingerprint density at radius 3 is 2.24 bits per heavy atom. The van der Waals surface area contributed by atoms with E-state index < -0.39 is 7.82 Å². The zero-order valence-electron chi connectivity index (χ0n) is 10.4. The van der Waals surface area contributed by atoms with Gasteiger partial charge in [-0.05, 0) is 6.42 Å². The van der Waals surface area contributed by atoms with E-state index in [0.717, 1.165) is 19.3 Å². The van der Waals surface area contributed by atoms with Crippen molar-refractivity contribution in [3.63, 3.8) is 0 Å². The van der Waals surface area contributed by atoms with E-state index in [-0.39, 0.29) is 18.8 Å². The number of hydrogen-bond donors (Lipinski definition) is 2. The van der Waals surface area contributed by atoms with Gasteiger partial charge in [-0.1, -0.05) is 39.0 Å². The van der Waals surface area contributed by atoms with Gasteiger partial charge in [0.15, 0.2) is 0 Å². The van der Waals surface area contributed by atoms with Crippen LogP contribution in [0, 0.1) is 0 Å². The molecule has 0 heterocycles.